The van der Waals surface area contributed by atoms with Crippen molar-refractivity contribution in [2.24, 2.45) is 5.84 Å². The Kier molecular flexibility index (Phi) is 3.99. The van der Waals surface area contributed by atoms with Crippen LogP contribution in [0, 0.1) is 0 Å². The van der Waals surface area contributed by atoms with E-state index in [1.54, 1.807) is 0 Å². The average Bonchev–Trinajstić information content (AvgIpc) is 2.57. The number of amides is 1. The number of nitrogens with one attached hydrogen (secondary N) is 1. The first kappa shape index (κ1) is 9.44. The number of hydrazine groups is 1. The fourth-order valence-electron chi connectivity index (χ4n) is 1.03. The Morgan fingerprint density at radius 3 is 3.17 bits per heavy atom. The first-order chi connectivity index (χ1) is 5.83. The fraction of sp³-hybridized carbons (Fsp3) is 0.857. The quantitative estimate of drug-likeness (QED) is 0.331. The second-order valence-electron chi connectivity index (χ2n) is 2.67. The molecule has 5 nitrogen and oxygen atoms in total. The van der Waals surface area contributed by atoms with Crippen LogP contribution in [-0.4, -0.2) is 31.8 Å². The molecule has 0 aromatic carbocycles. The van der Waals surface area contributed by atoms with Gasteiger partial charge in [0.05, 0.1) is 25.7 Å². The van der Waals surface area contributed by atoms with Crippen molar-refractivity contribution in [2.75, 3.05) is 19.8 Å². The van der Waals surface area contributed by atoms with Gasteiger partial charge in [-0.25, -0.2) is 5.84 Å². The van der Waals surface area contributed by atoms with E-state index < -0.39 is 0 Å². The average molecular weight is 174 g/mol. The maximum Gasteiger partial charge on any atom is 0.236 e. The van der Waals surface area contributed by atoms with Gasteiger partial charge in [-0.15, -0.1) is 0 Å². The zero-order valence-corrected chi connectivity index (χ0v) is 6.91. The molecule has 1 saturated heterocycles. The molecule has 1 aliphatic rings. The molecule has 1 unspecified atom stereocenters. The van der Waals surface area contributed by atoms with Gasteiger partial charge in [0.15, 0.2) is 0 Å². The minimum atomic E-state index is -0.200. The number of nitrogens with two attached hydrogens (primary N) is 1. The van der Waals surface area contributed by atoms with Crippen molar-refractivity contribution in [3.8, 4) is 0 Å². The Morgan fingerprint density at radius 1 is 1.75 bits per heavy atom. The van der Waals surface area contributed by atoms with E-state index in [9.17, 15) is 4.79 Å². The van der Waals surface area contributed by atoms with E-state index in [1.807, 2.05) is 5.43 Å². The van der Waals surface area contributed by atoms with Crippen molar-refractivity contribution in [3.63, 3.8) is 0 Å². The van der Waals surface area contributed by atoms with Crippen molar-refractivity contribution in [1.29, 1.82) is 0 Å². The van der Waals surface area contributed by atoms with Crippen LogP contribution in [0.5, 0.6) is 0 Å². The summed E-state index contributed by atoms with van der Waals surface area (Å²) < 4.78 is 10.4. The molecule has 0 spiro atoms. The van der Waals surface area contributed by atoms with Crippen molar-refractivity contribution in [2.45, 2.75) is 18.9 Å². The largest absolute Gasteiger partial charge is 0.379 e. The summed E-state index contributed by atoms with van der Waals surface area (Å²) in [4.78, 5) is 10.6. The fourth-order valence-corrected chi connectivity index (χ4v) is 1.03. The third kappa shape index (κ3) is 3.17. The Balaban J connectivity index is 1.97. The lowest BCUT2D eigenvalue weighted by atomic mass is 10.3. The first-order valence-electron chi connectivity index (χ1n) is 4.01. The number of rotatable bonds is 4. The summed E-state index contributed by atoms with van der Waals surface area (Å²) in [5.74, 6) is 4.69. The molecule has 1 aliphatic heterocycles. The van der Waals surface area contributed by atoms with E-state index in [1.165, 1.54) is 0 Å². The van der Waals surface area contributed by atoms with Gasteiger partial charge >= 0.3 is 0 Å². The molecule has 1 heterocycles. The third-order valence-electron chi connectivity index (χ3n) is 1.73. The Hall–Kier alpha value is -0.650. The third-order valence-corrected chi connectivity index (χ3v) is 1.73. The van der Waals surface area contributed by atoms with Gasteiger partial charge < -0.3 is 9.47 Å². The lowest BCUT2D eigenvalue weighted by Gasteiger charge is -2.08. The van der Waals surface area contributed by atoms with Crippen molar-refractivity contribution >= 4 is 5.91 Å². The summed E-state index contributed by atoms with van der Waals surface area (Å²) in [5.41, 5.74) is 2.04. The Bertz CT molecular complexity index is 146. The number of ether oxygens (including phenoxy) is 2. The number of hydrogen-bond donors (Lipinski definition) is 2. The molecule has 0 radical (unpaired) electrons. The highest BCUT2D eigenvalue weighted by atomic mass is 16.5. The van der Waals surface area contributed by atoms with Gasteiger partial charge in [-0.2, -0.15) is 0 Å². The number of carbonyl (C=O) groups is 1. The maximum absolute atomic E-state index is 10.6. The normalized spacial score (nSPS) is 22.6. The van der Waals surface area contributed by atoms with Crippen LogP contribution < -0.4 is 11.3 Å². The van der Waals surface area contributed by atoms with Crippen LogP contribution in [0.2, 0.25) is 0 Å². The minimum absolute atomic E-state index is 0.163. The topological polar surface area (TPSA) is 73.6 Å². The van der Waals surface area contributed by atoms with Gasteiger partial charge in [0.25, 0.3) is 0 Å². The minimum Gasteiger partial charge on any atom is -0.379 e. The van der Waals surface area contributed by atoms with Gasteiger partial charge in [0.1, 0.15) is 0 Å². The highest BCUT2D eigenvalue weighted by Gasteiger charge is 2.15. The molecule has 12 heavy (non-hydrogen) atoms. The molecule has 0 aromatic rings. The zero-order valence-electron chi connectivity index (χ0n) is 6.91. The molecule has 0 bridgehead atoms. The molecule has 3 N–H and O–H groups in total. The van der Waals surface area contributed by atoms with Crippen LogP contribution in [0.4, 0.5) is 0 Å². The van der Waals surface area contributed by atoms with E-state index in [2.05, 4.69) is 0 Å². The number of hydrogen-bond acceptors (Lipinski definition) is 4. The number of carbonyl (C=O) groups excluding carboxylic acids is 1. The van der Waals surface area contributed by atoms with Crippen molar-refractivity contribution in [1.82, 2.24) is 5.43 Å². The maximum atomic E-state index is 10.6. The molecule has 70 valence electrons. The van der Waals surface area contributed by atoms with Crippen LogP contribution in [0.15, 0.2) is 0 Å². The van der Waals surface area contributed by atoms with Gasteiger partial charge in [-0.05, 0) is 6.42 Å². The summed E-state index contributed by atoms with van der Waals surface area (Å²) in [6.45, 7) is 1.81. The molecule has 1 fully saturated rings. The molecule has 1 rings (SSSR count). The molecular formula is C7H14N2O3. The molecule has 0 saturated carbocycles. The van der Waals surface area contributed by atoms with Crippen LogP contribution in [-0.2, 0) is 14.3 Å². The highest BCUT2D eigenvalue weighted by Crippen LogP contribution is 2.07. The summed E-state index contributed by atoms with van der Waals surface area (Å²) in [6.07, 6.45) is 1.40. The summed E-state index contributed by atoms with van der Waals surface area (Å²) in [6, 6.07) is 0. The molecule has 1 amide bonds. The molecule has 5 heteroatoms. The van der Waals surface area contributed by atoms with Gasteiger partial charge in [0, 0.05) is 6.61 Å². The summed E-state index contributed by atoms with van der Waals surface area (Å²) in [7, 11) is 0. The monoisotopic (exact) mass is 174 g/mol. The Labute approximate surface area is 71.2 Å². The second-order valence-corrected chi connectivity index (χ2v) is 2.67. The molecule has 1 atom stereocenters. The van der Waals surface area contributed by atoms with Crippen LogP contribution in [0.3, 0.4) is 0 Å². The highest BCUT2D eigenvalue weighted by molar-refractivity contribution is 5.75. The standard InChI is InChI=1S/C7H14N2O3/c8-9-7(10)2-4-12-6-1-3-11-5-6/h6H,1-5,8H2,(H,9,10). The lowest BCUT2D eigenvalue weighted by molar-refractivity contribution is -0.122. The predicted molar refractivity (Wildman–Crippen MR) is 42.1 cm³/mol. The van der Waals surface area contributed by atoms with Crippen LogP contribution >= 0.6 is 0 Å². The lowest BCUT2D eigenvalue weighted by Crippen LogP contribution is -2.31. The van der Waals surface area contributed by atoms with E-state index in [0.29, 0.717) is 19.6 Å². The van der Waals surface area contributed by atoms with Crippen molar-refractivity contribution < 1.29 is 14.3 Å². The van der Waals surface area contributed by atoms with E-state index >= 15 is 0 Å². The van der Waals surface area contributed by atoms with Gasteiger partial charge in [-0.1, -0.05) is 0 Å². The summed E-state index contributed by atoms with van der Waals surface area (Å²) >= 11 is 0. The summed E-state index contributed by atoms with van der Waals surface area (Å²) in [5, 5.41) is 0. The second kappa shape index (κ2) is 5.08. The van der Waals surface area contributed by atoms with E-state index in [4.69, 9.17) is 15.3 Å². The van der Waals surface area contributed by atoms with Crippen LogP contribution in [0.1, 0.15) is 12.8 Å². The smallest absolute Gasteiger partial charge is 0.236 e. The molecule has 0 aliphatic carbocycles. The Morgan fingerprint density at radius 2 is 2.58 bits per heavy atom. The molecule has 0 aromatic heterocycles. The van der Waals surface area contributed by atoms with Crippen molar-refractivity contribution in [3.05, 3.63) is 0 Å². The van der Waals surface area contributed by atoms with Gasteiger partial charge in [0.2, 0.25) is 5.91 Å². The van der Waals surface area contributed by atoms with E-state index in [-0.39, 0.29) is 12.0 Å². The SMILES string of the molecule is NNC(=O)CCOC1CCOC1. The molecular weight excluding hydrogens is 160 g/mol. The van der Waals surface area contributed by atoms with E-state index in [0.717, 1.165) is 13.0 Å². The van der Waals surface area contributed by atoms with Crippen LogP contribution in [0.25, 0.3) is 0 Å². The first-order valence-corrected chi connectivity index (χ1v) is 4.01. The van der Waals surface area contributed by atoms with Gasteiger partial charge in [-0.3, -0.25) is 10.2 Å². The predicted octanol–water partition coefficient (Wildman–Crippen LogP) is -0.828. The zero-order chi connectivity index (χ0) is 8.81.